The number of nitrogens with zero attached hydrogens (tertiary/aromatic N) is 2. The van der Waals surface area contributed by atoms with Crippen LogP contribution >= 0.6 is 12.9 Å². The molecule has 1 atom stereocenters. The summed E-state index contributed by atoms with van der Waals surface area (Å²) in [5, 5.41) is 0. The monoisotopic (exact) mass is 228 g/mol. The van der Waals surface area contributed by atoms with Crippen molar-refractivity contribution in [1.82, 2.24) is 15.0 Å². The van der Waals surface area contributed by atoms with Crippen LogP contribution in [0.4, 0.5) is 5.95 Å². The molecule has 2 rings (SSSR count). The SMILES string of the molecule is CCCc1cc(=O)nc2n1C(OS)NN2. The van der Waals surface area contributed by atoms with Gasteiger partial charge in [-0.15, -0.1) is 0 Å². The van der Waals surface area contributed by atoms with Crippen LogP contribution in [-0.2, 0) is 10.6 Å². The largest absolute Gasteiger partial charge is 0.287 e. The van der Waals surface area contributed by atoms with E-state index in [4.69, 9.17) is 4.18 Å². The molecule has 0 fully saturated rings. The molecular weight excluding hydrogens is 216 g/mol. The molecule has 82 valence electrons. The number of hydrogen-bond donors (Lipinski definition) is 3. The van der Waals surface area contributed by atoms with Gasteiger partial charge in [0.1, 0.15) is 0 Å². The zero-order chi connectivity index (χ0) is 10.8. The molecule has 0 saturated heterocycles. The molecule has 1 aromatic rings. The maximum Gasteiger partial charge on any atom is 0.274 e. The highest BCUT2D eigenvalue weighted by Crippen LogP contribution is 2.21. The zero-order valence-electron chi connectivity index (χ0n) is 8.23. The Kier molecular flexibility index (Phi) is 2.94. The van der Waals surface area contributed by atoms with E-state index in [1.54, 1.807) is 4.57 Å². The van der Waals surface area contributed by atoms with Crippen LogP contribution in [0.1, 0.15) is 25.4 Å². The third-order valence-electron chi connectivity index (χ3n) is 2.19. The first kappa shape index (κ1) is 10.5. The van der Waals surface area contributed by atoms with Gasteiger partial charge in [-0.3, -0.25) is 19.0 Å². The van der Waals surface area contributed by atoms with Crippen LogP contribution in [0.3, 0.4) is 0 Å². The number of anilines is 1. The number of rotatable bonds is 3. The minimum Gasteiger partial charge on any atom is -0.287 e. The lowest BCUT2D eigenvalue weighted by Crippen LogP contribution is -2.22. The van der Waals surface area contributed by atoms with Gasteiger partial charge in [0.05, 0.1) is 0 Å². The second-order valence-corrected chi connectivity index (χ2v) is 3.47. The highest BCUT2D eigenvalue weighted by Gasteiger charge is 2.23. The Labute approximate surface area is 92.2 Å². The van der Waals surface area contributed by atoms with Gasteiger partial charge in [-0.2, -0.15) is 10.4 Å². The minimum atomic E-state index is -0.432. The van der Waals surface area contributed by atoms with Gasteiger partial charge in [0, 0.05) is 11.8 Å². The lowest BCUT2D eigenvalue weighted by molar-refractivity contribution is 0.152. The molecule has 7 heteroatoms. The van der Waals surface area contributed by atoms with Gasteiger partial charge in [0.15, 0.2) is 0 Å². The summed E-state index contributed by atoms with van der Waals surface area (Å²) in [4.78, 5) is 15.1. The second kappa shape index (κ2) is 4.21. The third kappa shape index (κ3) is 1.85. The maximum atomic E-state index is 11.3. The number of thiol groups is 1. The Morgan fingerprint density at radius 2 is 2.53 bits per heavy atom. The van der Waals surface area contributed by atoms with Gasteiger partial charge in [0.25, 0.3) is 5.56 Å². The molecule has 6 nitrogen and oxygen atoms in total. The third-order valence-corrected chi connectivity index (χ3v) is 2.39. The number of aryl methyl sites for hydroxylation is 1. The summed E-state index contributed by atoms with van der Waals surface area (Å²) < 4.78 is 6.68. The van der Waals surface area contributed by atoms with Gasteiger partial charge in [-0.1, -0.05) is 13.3 Å². The molecule has 0 bridgehead atoms. The van der Waals surface area contributed by atoms with Crippen LogP contribution < -0.4 is 16.4 Å². The molecule has 1 aliphatic heterocycles. The topological polar surface area (TPSA) is 68.2 Å². The van der Waals surface area contributed by atoms with Gasteiger partial charge in [-0.25, -0.2) is 0 Å². The molecular formula is C8H12N4O2S. The summed E-state index contributed by atoms with van der Waals surface area (Å²) in [5.74, 6) is 0.463. The Hall–Kier alpha value is -1.05. The highest BCUT2D eigenvalue weighted by molar-refractivity contribution is 7.75. The molecule has 15 heavy (non-hydrogen) atoms. The molecule has 0 amide bonds. The van der Waals surface area contributed by atoms with E-state index in [1.807, 2.05) is 6.92 Å². The number of fused-ring (bicyclic) bond motifs is 1. The van der Waals surface area contributed by atoms with Crippen LogP contribution in [-0.4, -0.2) is 9.55 Å². The number of nitrogens with one attached hydrogen (secondary N) is 2. The van der Waals surface area contributed by atoms with Gasteiger partial charge in [0.2, 0.25) is 12.3 Å². The first-order valence-corrected chi connectivity index (χ1v) is 5.07. The van der Waals surface area contributed by atoms with Crippen molar-refractivity contribution in [2.75, 3.05) is 5.43 Å². The van der Waals surface area contributed by atoms with Crippen LogP contribution in [0, 0.1) is 0 Å². The lowest BCUT2D eigenvalue weighted by Gasteiger charge is -2.14. The Morgan fingerprint density at radius 1 is 1.73 bits per heavy atom. The van der Waals surface area contributed by atoms with E-state index < -0.39 is 6.35 Å². The summed E-state index contributed by atoms with van der Waals surface area (Å²) in [7, 11) is 0. The average Bonchev–Trinajstić information content (AvgIpc) is 2.61. The van der Waals surface area contributed by atoms with E-state index in [9.17, 15) is 4.79 Å². The zero-order valence-corrected chi connectivity index (χ0v) is 9.12. The van der Waals surface area contributed by atoms with Crippen LogP contribution in [0.2, 0.25) is 0 Å². The first-order chi connectivity index (χ1) is 7.26. The van der Waals surface area contributed by atoms with E-state index >= 15 is 0 Å². The van der Waals surface area contributed by atoms with Gasteiger partial charge < -0.3 is 0 Å². The fraction of sp³-hybridized carbons (Fsp3) is 0.500. The predicted octanol–water partition coefficient (Wildman–Crippen LogP) is 0.443. The van der Waals surface area contributed by atoms with Crippen LogP contribution in [0.5, 0.6) is 0 Å². The Morgan fingerprint density at radius 3 is 3.20 bits per heavy atom. The van der Waals surface area contributed by atoms with E-state index in [2.05, 4.69) is 28.7 Å². The molecule has 1 aromatic heterocycles. The number of hydrazine groups is 1. The molecule has 2 N–H and O–H groups in total. The molecule has 2 heterocycles. The number of aromatic nitrogens is 2. The standard InChI is InChI=1S/C8H12N4O2S/c1-2-3-5-4-6(13)9-7-10-11-8(14-15)12(5)7/h4,8,11,15H,2-3H2,1H3,(H,9,10,13). The van der Waals surface area contributed by atoms with E-state index in [1.165, 1.54) is 6.07 Å². The van der Waals surface area contributed by atoms with Crippen molar-refractivity contribution >= 4 is 18.9 Å². The fourth-order valence-electron chi connectivity index (χ4n) is 1.60. The van der Waals surface area contributed by atoms with Gasteiger partial charge in [-0.05, 0) is 19.3 Å². The fourth-order valence-corrected chi connectivity index (χ4v) is 1.75. The average molecular weight is 228 g/mol. The molecule has 1 aliphatic rings. The Bertz CT molecular complexity index is 420. The summed E-state index contributed by atoms with van der Waals surface area (Å²) in [5.41, 5.74) is 6.21. The molecule has 1 unspecified atom stereocenters. The van der Waals surface area contributed by atoms with Crippen LogP contribution in [0.25, 0.3) is 0 Å². The van der Waals surface area contributed by atoms with Crippen molar-refractivity contribution in [3.05, 3.63) is 22.1 Å². The van der Waals surface area contributed by atoms with Crippen LogP contribution in [0.15, 0.2) is 10.9 Å². The molecule has 0 spiro atoms. The molecule has 0 saturated carbocycles. The quantitative estimate of drug-likeness (QED) is 0.517. The molecule has 0 aromatic carbocycles. The summed E-state index contributed by atoms with van der Waals surface area (Å²) >= 11 is 3.75. The van der Waals surface area contributed by atoms with Crippen molar-refractivity contribution in [2.45, 2.75) is 26.1 Å². The van der Waals surface area contributed by atoms with E-state index in [-0.39, 0.29) is 5.56 Å². The summed E-state index contributed by atoms with van der Waals surface area (Å²) in [6, 6.07) is 1.52. The van der Waals surface area contributed by atoms with E-state index in [0.29, 0.717) is 5.95 Å². The van der Waals surface area contributed by atoms with Crippen molar-refractivity contribution in [3.8, 4) is 0 Å². The minimum absolute atomic E-state index is 0.251. The summed E-state index contributed by atoms with van der Waals surface area (Å²) in [6.07, 6.45) is 1.31. The van der Waals surface area contributed by atoms with Crippen molar-refractivity contribution in [2.24, 2.45) is 0 Å². The van der Waals surface area contributed by atoms with E-state index in [0.717, 1.165) is 18.5 Å². The van der Waals surface area contributed by atoms with Crippen molar-refractivity contribution in [1.29, 1.82) is 0 Å². The smallest absolute Gasteiger partial charge is 0.274 e. The van der Waals surface area contributed by atoms with Gasteiger partial charge >= 0.3 is 0 Å². The second-order valence-electron chi connectivity index (χ2n) is 3.26. The first-order valence-electron chi connectivity index (χ1n) is 4.70. The highest BCUT2D eigenvalue weighted by atomic mass is 32.1. The normalized spacial score (nSPS) is 18.7. The summed E-state index contributed by atoms with van der Waals surface area (Å²) in [6.45, 7) is 2.05. The Balaban J connectivity index is 2.49. The predicted molar refractivity (Wildman–Crippen MR) is 58.4 cm³/mol. The molecule has 0 aliphatic carbocycles. The maximum absolute atomic E-state index is 11.3. The van der Waals surface area contributed by atoms with Crippen molar-refractivity contribution < 1.29 is 4.18 Å². The molecule has 0 radical (unpaired) electrons. The van der Waals surface area contributed by atoms with Crippen molar-refractivity contribution in [3.63, 3.8) is 0 Å². The number of hydrogen-bond acceptors (Lipinski definition) is 6. The lowest BCUT2D eigenvalue weighted by atomic mass is 10.2.